The standard InChI is InChI=1S/C14H17NO.C2H6/c1-4-11(5-2)15-10(3)12-8-6-7-9-13(12)14(15)16;1-2/h6-9,11H,3-5H2,1-2H3;1-2H3. The first-order chi connectivity index (χ1) is 8.70. The Morgan fingerprint density at radius 1 is 1.11 bits per heavy atom. The van der Waals surface area contributed by atoms with Crippen LogP contribution >= 0.6 is 0 Å². The zero-order chi connectivity index (χ0) is 13.7. The van der Waals surface area contributed by atoms with Crippen LogP contribution in [0.15, 0.2) is 30.8 Å². The average Bonchev–Trinajstić information content (AvgIpc) is 2.68. The Morgan fingerprint density at radius 2 is 1.61 bits per heavy atom. The number of fused-ring (bicyclic) bond motifs is 1. The van der Waals surface area contributed by atoms with Gasteiger partial charge in [0.2, 0.25) is 0 Å². The first-order valence-corrected chi connectivity index (χ1v) is 6.82. The highest BCUT2D eigenvalue weighted by atomic mass is 16.2. The molecule has 0 bridgehead atoms. The minimum Gasteiger partial charge on any atom is -0.305 e. The molecule has 18 heavy (non-hydrogen) atoms. The molecule has 0 aromatic heterocycles. The molecule has 2 rings (SSSR count). The number of nitrogens with zero attached hydrogens (tertiary/aromatic N) is 1. The second-order valence-corrected chi connectivity index (χ2v) is 4.14. The first-order valence-electron chi connectivity index (χ1n) is 6.82. The Balaban J connectivity index is 0.000000771. The molecule has 1 aromatic carbocycles. The van der Waals surface area contributed by atoms with E-state index in [1.54, 1.807) is 0 Å². The van der Waals surface area contributed by atoms with Gasteiger partial charge in [-0.05, 0) is 18.9 Å². The fraction of sp³-hybridized carbons (Fsp3) is 0.438. The van der Waals surface area contributed by atoms with E-state index < -0.39 is 0 Å². The number of benzene rings is 1. The van der Waals surface area contributed by atoms with Gasteiger partial charge in [0.05, 0.1) is 0 Å². The third-order valence-corrected chi connectivity index (χ3v) is 3.29. The molecule has 0 atom stereocenters. The molecule has 0 saturated heterocycles. The lowest BCUT2D eigenvalue weighted by Crippen LogP contribution is -2.33. The van der Waals surface area contributed by atoms with E-state index in [4.69, 9.17) is 0 Å². The normalized spacial score (nSPS) is 13.5. The second kappa shape index (κ2) is 6.39. The molecule has 1 amide bonds. The lowest BCUT2D eigenvalue weighted by atomic mass is 10.1. The average molecular weight is 245 g/mol. The van der Waals surface area contributed by atoms with E-state index in [2.05, 4.69) is 20.4 Å². The quantitative estimate of drug-likeness (QED) is 0.776. The molecule has 0 radical (unpaired) electrons. The van der Waals surface area contributed by atoms with Gasteiger partial charge in [-0.15, -0.1) is 0 Å². The predicted octanol–water partition coefficient (Wildman–Crippen LogP) is 4.33. The molecule has 0 fully saturated rings. The molecule has 0 spiro atoms. The Bertz CT molecular complexity index is 397. The number of rotatable bonds is 3. The Hall–Kier alpha value is -1.57. The Kier molecular flexibility index (Phi) is 5.14. The molecule has 1 aromatic rings. The largest absolute Gasteiger partial charge is 0.305 e. The van der Waals surface area contributed by atoms with Gasteiger partial charge in [-0.3, -0.25) is 4.79 Å². The van der Waals surface area contributed by atoms with E-state index in [-0.39, 0.29) is 11.9 Å². The van der Waals surface area contributed by atoms with Crippen LogP contribution in [0.3, 0.4) is 0 Å². The first kappa shape index (κ1) is 14.5. The van der Waals surface area contributed by atoms with Crippen molar-refractivity contribution in [1.29, 1.82) is 0 Å². The Labute approximate surface area is 110 Å². The van der Waals surface area contributed by atoms with Gasteiger partial charge in [-0.25, -0.2) is 0 Å². The summed E-state index contributed by atoms with van der Waals surface area (Å²) in [5.74, 6) is 0.106. The van der Waals surface area contributed by atoms with E-state index in [1.165, 1.54) is 0 Å². The maximum Gasteiger partial charge on any atom is 0.259 e. The van der Waals surface area contributed by atoms with Gasteiger partial charge in [0.15, 0.2) is 0 Å². The van der Waals surface area contributed by atoms with E-state index in [9.17, 15) is 4.79 Å². The van der Waals surface area contributed by atoms with Crippen molar-refractivity contribution in [3.63, 3.8) is 0 Å². The zero-order valence-electron chi connectivity index (χ0n) is 11.9. The van der Waals surface area contributed by atoms with Gasteiger partial charge >= 0.3 is 0 Å². The third-order valence-electron chi connectivity index (χ3n) is 3.29. The summed E-state index contributed by atoms with van der Waals surface area (Å²) in [6, 6.07) is 7.98. The maximum atomic E-state index is 12.2. The molecule has 1 heterocycles. The van der Waals surface area contributed by atoms with Crippen LogP contribution in [0.5, 0.6) is 0 Å². The minimum atomic E-state index is 0.106. The van der Waals surface area contributed by atoms with E-state index in [0.717, 1.165) is 29.7 Å². The van der Waals surface area contributed by atoms with E-state index in [0.29, 0.717) is 0 Å². The Morgan fingerprint density at radius 3 is 2.06 bits per heavy atom. The minimum absolute atomic E-state index is 0.106. The number of carbonyl (C=O) groups is 1. The molecule has 1 aliphatic heterocycles. The van der Waals surface area contributed by atoms with Crippen molar-refractivity contribution in [2.75, 3.05) is 0 Å². The van der Waals surface area contributed by atoms with Crippen molar-refractivity contribution >= 4 is 11.6 Å². The molecular formula is C16H23NO. The fourth-order valence-electron chi connectivity index (χ4n) is 2.34. The van der Waals surface area contributed by atoms with Crippen LogP contribution in [0.1, 0.15) is 56.5 Å². The monoisotopic (exact) mass is 245 g/mol. The predicted molar refractivity (Wildman–Crippen MR) is 77.4 cm³/mol. The summed E-state index contributed by atoms with van der Waals surface area (Å²) < 4.78 is 0. The summed E-state index contributed by atoms with van der Waals surface area (Å²) in [4.78, 5) is 14.1. The lowest BCUT2D eigenvalue weighted by Gasteiger charge is -2.26. The molecule has 98 valence electrons. The van der Waals surface area contributed by atoms with Crippen LogP contribution in [0.2, 0.25) is 0 Å². The highest BCUT2D eigenvalue weighted by Crippen LogP contribution is 2.34. The summed E-state index contributed by atoms with van der Waals surface area (Å²) in [6.07, 6.45) is 1.94. The van der Waals surface area contributed by atoms with E-state index in [1.807, 2.05) is 43.0 Å². The van der Waals surface area contributed by atoms with Crippen molar-refractivity contribution in [3.8, 4) is 0 Å². The molecule has 2 heteroatoms. The summed E-state index contributed by atoms with van der Waals surface area (Å²) >= 11 is 0. The van der Waals surface area contributed by atoms with Crippen molar-refractivity contribution in [2.24, 2.45) is 0 Å². The van der Waals surface area contributed by atoms with Crippen LogP contribution in [0, 0.1) is 0 Å². The molecule has 0 N–H and O–H groups in total. The molecule has 0 aliphatic carbocycles. The number of carbonyl (C=O) groups excluding carboxylic acids is 1. The van der Waals surface area contributed by atoms with Gasteiger partial charge in [0, 0.05) is 22.9 Å². The van der Waals surface area contributed by atoms with E-state index >= 15 is 0 Å². The highest BCUT2D eigenvalue weighted by Gasteiger charge is 2.33. The van der Waals surface area contributed by atoms with Crippen molar-refractivity contribution in [3.05, 3.63) is 42.0 Å². The lowest BCUT2D eigenvalue weighted by molar-refractivity contribution is 0.0798. The summed E-state index contributed by atoms with van der Waals surface area (Å²) in [5.41, 5.74) is 2.63. The van der Waals surface area contributed by atoms with Gasteiger partial charge in [0.1, 0.15) is 0 Å². The molecule has 1 aliphatic rings. The SMILES string of the molecule is C=C1c2ccccc2C(=O)N1C(CC)CC.CC. The van der Waals surface area contributed by atoms with Crippen molar-refractivity contribution < 1.29 is 4.79 Å². The smallest absolute Gasteiger partial charge is 0.259 e. The van der Waals surface area contributed by atoms with Gasteiger partial charge < -0.3 is 4.90 Å². The van der Waals surface area contributed by atoms with Gasteiger partial charge in [0.25, 0.3) is 5.91 Å². The molecule has 0 saturated carbocycles. The third kappa shape index (κ3) is 2.33. The molecular weight excluding hydrogens is 222 g/mol. The second-order valence-electron chi connectivity index (χ2n) is 4.14. The van der Waals surface area contributed by atoms with Gasteiger partial charge in [-0.2, -0.15) is 0 Å². The highest BCUT2D eigenvalue weighted by molar-refractivity contribution is 6.09. The number of hydrogen-bond donors (Lipinski definition) is 0. The van der Waals surface area contributed by atoms with Crippen molar-refractivity contribution in [1.82, 2.24) is 4.90 Å². The van der Waals surface area contributed by atoms with Crippen LogP contribution in [0.4, 0.5) is 0 Å². The van der Waals surface area contributed by atoms with Crippen LogP contribution in [-0.2, 0) is 0 Å². The summed E-state index contributed by atoms with van der Waals surface area (Å²) in [6.45, 7) is 12.3. The number of amides is 1. The van der Waals surface area contributed by atoms with Crippen LogP contribution in [-0.4, -0.2) is 16.8 Å². The van der Waals surface area contributed by atoms with Gasteiger partial charge in [-0.1, -0.05) is 52.5 Å². The van der Waals surface area contributed by atoms with Crippen LogP contribution < -0.4 is 0 Å². The summed E-state index contributed by atoms with van der Waals surface area (Å²) in [5, 5.41) is 0. The molecule has 2 nitrogen and oxygen atoms in total. The zero-order valence-corrected chi connectivity index (χ0v) is 11.9. The van der Waals surface area contributed by atoms with Crippen molar-refractivity contribution in [2.45, 2.75) is 46.6 Å². The van der Waals surface area contributed by atoms with Crippen LogP contribution in [0.25, 0.3) is 5.70 Å². The summed E-state index contributed by atoms with van der Waals surface area (Å²) in [7, 11) is 0. The molecule has 0 unspecified atom stereocenters. The topological polar surface area (TPSA) is 20.3 Å². The number of hydrogen-bond acceptors (Lipinski definition) is 1. The maximum absolute atomic E-state index is 12.2. The fourth-order valence-corrected chi connectivity index (χ4v) is 2.34.